The molecule has 26 heavy (non-hydrogen) atoms. The fourth-order valence-electron chi connectivity index (χ4n) is 2.10. The molecule has 0 unspecified atom stereocenters. The summed E-state index contributed by atoms with van der Waals surface area (Å²) in [4.78, 5) is 12.2. The molecule has 5 nitrogen and oxygen atoms in total. The van der Waals surface area contributed by atoms with Crippen LogP contribution in [-0.4, -0.2) is 21.0 Å². The molecule has 0 saturated heterocycles. The van der Waals surface area contributed by atoms with Gasteiger partial charge in [-0.3, -0.25) is 0 Å². The maximum atomic E-state index is 12.2. The third-order valence-electron chi connectivity index (χ3n) is 4.81. The second kappa shape index (κ2) is 8.55. The Balaban J connectivity index is 1.96. The Kier molecular flexibility index (Phi) is 6.67. The number of benzene rings is 1. The lowest BCUT2D eigenvalue weighted by atomic mass is 10.2. The Labute approximate surface area is 156 Å². The van der Waals surface area contributed by atoms with Crippen molar-refractivity contribution in [3.63, 3.8) is 0 Å². The van der Waals surface area contributed by atoms with Crippen LogP contribution in [0.2, 0.25) is 18.1 Å². The molecule has 0 aliphatic heterocycles. The maximum absolute atomic E-state index is 12.2. The van der Waals surface area contributed by atoms with Crippen molar-refractivity contribution in [2.24, 2.45) is 0 Å². The molecule has 0 spiro atoms. The predicted octanol–water partition coefficient (Wildman–Crippen LogP) is 5.27. The Morgan fingerprint density at radius 1 is 1.15 bits per heavy atom. The fraction of sp³-hybridized carbons (Fsp3) is 0.450. The van der Waals surface area contributed by atoms with E-state index >= 15 is 0 Å². The monoisotopic (exact) mass is 375 g/mol. The average Bonchev–Trinajstić information content (AvgIpc) is 3.11. The lowest BCUT2D eigenvalue weighted by Gasteiger charge is -2.37. The van der Waals surface area contributed by atoms with E-state index in [1.54, 1.807) is 12.3 Å². The highest BCUT2D eigenvalue weighted by atomic mass is 28.4. The van der Waals surface area contributed by atoms with E-state index in [-0.39, 0.29) is 17.7 Å². The van der Waals surface area contributed by atoms with E-state index in [9.17, 15) is 4.79 Å². The highest BCUT2D eigenvalue weighted by Crippen LogP contribution is 2.37. The van der Waals surface area contributed by atoms with Gasteiger partial charge in [-0.2, -0.15) is 0 Å². The Morgan fingerprint density at radius 3 is 2.42 bits per heavy atom. The number of hydrogen-bond donors (Lipinski definition) is 1. The van der Waals surface area contributed by atoms with Gasteiger partial charge >= 0.3 is 6.09 Å². The number of ether oxygens (including phenoxy) is 1. The van der Waals surface area contributed by atoms with Gasteiger partial charge in [0.2, 0.25) is 0 Å². The summed E-state index contributed by atoms with van der Waals surface area (Å²) in [7, 11) is -1.94. The summed E-state index contributed by atoms with van der Waals surface area (Å²) in [5.41, 5.74) is 0.940. The van der Waals surface area contributed by atoms with Crippen LogP contribution in [0.25, 0.3) is 0 Å². The molecule has 0 aliphatic carbocycles. The van der Waals surface area contributed by atoms with Crippen LogP contribution in [0, 0.1) is 0 Å². The molecule has 142 valence electrons. The second-order valence-electron chi connectivity index (χ2n) is 7.85. The van der Waals surface area contributed by atoms with Crippen molar-refractivity contribution in [1.29, 1.82) is 0 Å². The number of rotatable bonds is 7. The largest absolute Gasteiger partial charge is 0.467 e. The standard InChI is InChI=1S/C20H29NO4Si/c1-20(2,3)26(4,5)25-15-17(18-12-9-13-23-18)21-19(22)24-14-16-10-7-6-8-11-16/h6-13,17H,14-15H2,1-5H3,(H,21,22)/t17-/m1/s1. The van der Waals surface area contributed by atoms with Crippen molar-refractivity contribution in [2.45, 2.75) is 51.6 Å². The van der Waals surface area contributed by atoms with Gasteiger partial charge in [0.15, 0.2) is 8.32 Å². The summed E-state index contributed by atoms with van der Waals surface area (Å²) in [5.74, 6) is 0.653. The van der Waals surface area contributed by atoms with Crippen molar-refractivity contribution < 1.29 is 18.4 Å². The van der Waals surface area contributed by atoms with Crippen molar-refractivity contribution in [3.05, 3.63) is 60.1 Å². The van der Waals surface area contributed by atoms with Crippen LogP contribution in [0.1, 0.15) is 38.1 Å². The first kappa shape index (κ1) is 20.3. The summed E-state index contributed by atoms with van der Waals surface area (Å²) in [6, 6.07) is 12.8. The number of carbonyl (C=O) groups is 1. The lowest BCUT2D eigenvalue weighted by molar-refractivity contribution is 0.127. The Hall–Kier alpha value is -2.05. The molecule has 1 atom stereocenters. The van der Waals surface area contributed by atoms with E-state index in [0.717, 1.165) is 5.56 Å². The van der Waals surface area contributed by atoms with E-state index in [0.29, 0.717) is 12.4 Å². The lowest BCUT2D eigenvalue weighted by Crippen LogP contribution is -2.43. The van der Waals surface area contributed by atoms with Crippen LogP contribution in [0.3, 0.4) is 0 Å². The third-order valence-corrected chi connectivity index (χ3v) is 9.31. The number of furan rings is 1. The SMILES string of the molecule is CC(C)(C)[Si](C)(C)OC[C@@H](NC(=O)OCc1ccccc1)c1ccco1. The molecule has 1 heterocycles. The van der Waals surface area contributed by atoms with Gasteiger partial charge < -0.3 is 18.9 Å². The second-order valence-corrected chi connectivity index (χ2v) is 12.7. The zero-order chi connectivity index (χ0) is 19.2. The summed E-state index contributed by atoms with van der Waals surface area (Å²) in [6.07, 6.45) is 1.10. The van der Waals surface area contributed by atoms with Crippen LogP contribution >= 0.6 is 0 Å². The van der Waals surface area contributed by atoms with Crippen LogP contribution in [-0.2, 0) is 15.8 Å². The molecule has 2 aromatic rings. The minimum Gasteiger partial charge on any atom is -0.467 e. The number of alkyl carbamates (subject to hydrolysis) is 1. The first-order chi connectivity index (χ1) is 12.2. The van der Waals surface area contributed by atoms with Gasteiger partial charge in [0.25, 0.3) is 0 Å². The first-order valence-corrected chi connectivity index (χ1v) is 11.7. The van der Waals surface area contributed by atoms with Crippen molar-refractivity contribution >= 4 is 14.4 Å². The molecule has 1 aromatic carbocycles. The van der Waals surface area contributed by atoms with Gasteiger partial charge in [-0.25, -0.2) is 4.79 Å². The Bertz CT molecular complexity index is 678. The van der Waals surface area contributed by atoms with E-state index in [4.69, 9.17) is 13.6 Å². The molecule has 0 fully saturated rings. The van der Waals surface area contributed by atoms with Crippen LogP contribution in [0.5, 0.6) is 0 Å². The van der Waals surface area contributed by atoms with E-state index in [1.807, 2.05) is 36.4 Å². The molecule has 1 aromatic heterocycles. The number of nitrogens with one attached hydrogen (secondary N) is 1. The molecule has 0 aliphatic rings. The third kappa shape index (κ3) is 5.74. The fourth-order valence-corrected chi connectivity index (χ4v) is 3.12. The normalized spacial score (nSPS) is 13.3. The molecule has 1 amide bonds. The van der Waals surface area contributed by atoms with Crippen LogP contribution < -0.4 is 5.32 Å². The van der Waals surface area contributed by atoms with E-state index < -0.39 is 14.4 Å². The molecule has 0 saturated carbocycles. The van der Waals surface area contributed by atoms with Crippen molar-refractivity contribution in [3.8, 4) is 0 Å². The van der Waals surface area contributed by atoms with Crippen molar-refractivity contribution in [2.75, 3.05) is 6.61 Å². The van der Waals surface area contributed by atoms with E-state index in [1.165, 1.54) is 0 Å². The van der Waals surface area contributed by atoms with E-state index in [2.05, 4.69) is 39.2 Å². The molecule has 6 heteroatoms. The van der Waals surface area contributed by atoms with Gasteiger partial charge in [-0.05, 0) is 35.8 Å². The highest BCUT2D eigenvalue weighted by Gasteiger charge is 2.38. The molecule has 1 N–H and O–H groups in total. The smallest absolute Gasteiger partial charge is 0.408 e. The van der Waals surface area contributed by atoms with Gasteiger partial charge in [-0.15, -0.1) is 0 Å². The topological polar surface area (TPSA) is 60.7 Å². The van der Waals surface area contributed by atoms with Crippen LogP contribution in [0.4, 0.5) is 4.79 Å². The molecule has 0 radical (unpaired) electrons. The molecular weight excluding hydrogens is 346 g/mol. The maximum Gasteiger partial charge on any atom is 0.408 e. The summed E-state index contributed by atoms with van der Waals surface area (Å²) < 4.78 is 17.0. The zero-order valence-electron chi connectivity index (χ0n) is 16.2. The summed E-state index contributed by atoms with van der Waals surface area (Å²) >= 11 is 0. The van der Waals surface area contributed by atoms with Gasteiger partial charge in [0.1, 0.15) is 18.4 Å². The predicted molar refractivity (Wildman–Crippen MR) is 104 cm³/mol. The Morgan fingerprint density at radius 2 is 1.85 bits per heavy atom. The number of carbonyl (C=O) groups excluding carboxylic acids is 1. The summed E-state index contributed by atoms with van der Waals surface area (Å²) in [5, 5.41) is 2.95. The zero-order valence-corrected chi connectivity index (χ0v) is 17.2. The molecular formula is C20H29NO4Si. The number of hydrogen-bond acceptors (Lipinski definition) is 4. The minimum absolute atomic E-state index is 0.0918. The van der Waals surface area contributed by atoms with Gasteiger partial charge in [0.05, 0.1) is 12.9 Å². The highest BCUT2D eigenvalue weighted by molar-refractivity contribution is 6.74. The minimum atomic E-state index is -1.94. The summed E-state index contributed by atoms with van der Waals surface area (Å²) in [6.45, 7) is 11.5. The first-order valence-electron chi connectivity index (χ1n) is 8.83. The quantitative estimate of drug-likeness (QED) is 0.670. The number of amides is 1. The molecule has 0 bridgehead atoms. The average molecular weight is 376 g/mol. The van der Waals surface area contributed by atoms with Gasteiger partial charge in [0, 0.05) is 0 Å². The van der Waals surface area contributed by atoms with Gasteiger partial charge in [-0.1, -0.05) is 51.1 Å². The van der Waals surface area contributed by atoms with Crippen LogP contribution in [0.15, 0.2) is 53.1 Å². The van der Waals surface area contributed by atoms with Crippen molar-refractivity contribution in [1.82, 2.24) is 5.32 Å². The molecule has 2 rings (SSSR count).